The fourth-order valence-electron chi connectivity index (χ4n) is 4.12. The third-order valence-electron chi connectivity index (χ3n) is 5.52. The molecule has 1 amide bonds. The van der Waals surface area contributed by atoms with E-state index in [9.17, 15) is 9.90 Å². The minimum Gasteiger partial charge on any atom is -0.379 e. The molecule has 2 heterocycles. The van der Waals surface area contributed by atoms with Crippen molar-refractivity contribution in [1.29, 1.82) is 0 Å². The van der Waals surface area contributed by atoms with Crippen LogP contribution in [-0.2, 0) is 24.2 Å². The molecule has 0 aromatic heterocycles. The van der Waals surface area contributed by atoms with E-state index in [0.717, 1.165) is 24.1 Å². The first kappa shape index (κ1) is 18.7. The zero-order chi connectivity index (χ0) is 19.5. The van der Waals surface area contributed by atoms with Gasteiger partial charge in [-0.25, -0.2) is 0 Å². The molecule has 4 rings (SSSR count). The second kappa shape index (κ2) is 8.12. The molecule has 2 aromatic carbocycles. The Hall–Kier alpha value is -2.70. The average Bonchev–Trinajstić information content (AvgIpc) is 3.04. The summed E-state index contributed by atoms with van der Waals surface area (Å²) < 4.78 is 0. The Bertz CT molecular complexity index is 866. The molecule has 6 heteroatoms. The maximum atomic E-state index is 11.9. The maximum absolute atomic E-state index is 11.9. The lowest BCUT2D eigenvalue weighted by molar-refractivity contribution is -0.116. The second-order valence-electron chi connectivity index (χ2n) is 7.56. The SMILES string of the molecule is NC(O)CC1C(Cc2ccccc2)N=CN1Cc1cccc2c1NC(=O)CC2. The molecule has 0 fully saturated rings. The number of benzene rings is 2. The van der Waals surface area contributed by atoms with Crippen molar-refractivity contribution in [1.82, 2.24) is 4.90 Å². The summed E-state index contributed by atoms with van der Waals surface area (Å²) in [5.74, 6) is 0.0610. The summed E-state index contributed by atoms with van der Waals surface area (Å²) in [5.41, 5.74) is 10.1. The fourth-order valence-corrected chi connectivity index (χ4v) is 4.12. The summed E-state index contributed by atoms with van der Waals surface area (Å²) >= 11 is 0. The number of aliphatic hydroxyl groups excluding tert-OH is 1. The van der Waals surface area contributed by atoms with Gasteiger partial charge in [-0.15, -0.1) is 0 Å². The molecule has 0 saturated heterocycles. The molecule has 146 valence electrons. The number of anilines is 1. The summed E-state index contributed by atoms with van der Waals surface area (Å²) in [6.45, 7) is 0.621. The molecule has 3 unspecified atom stereocenters. The highest BCUT2D eigenvalue weighted by molar-refractivity contribution is 5.94. The molecule has 6 nitrogen and oxygen atoms in total. The Morgan fingerprint density at radius 3 is 2.79 bits per heavy atom. The number of nitrogens with zero attached hydrogens (tertiary/aromatic N) is 2. The van der Waals surface area contributed by atoms with Gasteiger partial charge in [0.25, 0.3) is 0 Å². The van der Waals surface area contributed by atoms with Gasteiger partial charge in [0, 0.05) is 25.1 Å². The summed E-state index contributed by atoms with van der Waals surface area (Å²) in [4.78, 5) is 18.7. The molecule has 2 aliphatic heterocycles. The number of aryl methyl sites for hydroxylation is 1. The predicted molar refractivity (Wildman–Crippen MR) is 110 cm³/mol. The van der Waals surface area contributed by atoms with Crippen LogP contribution in [0.4, 0.5) is 5.69 Å². The number of amides is 1. The lowest BCUT2D eigenvalue weighted by Crippen LogP contribution is -2.41. The van der Waals surface area contributed by atoms with E-state index in [2.05, 4.69) is 28.4 Å². The van der Waals surface area contributed by atoms with Crippen molar-refractivity contribution >= 4 is 17.9 Å². The maximum Gasteiger partial charge on any atom is 0.224 e. The monoisotopic (exact) mass is 378 g/mol. The number of carbonyl (C=O) groups excluding carboxylic acids is 1. The molecule has 2 aromatic rings. The van der Waals surface area contributed by atoms with E-state index < -0.39 is 6.23 Å². The van der Waals surface area contributed by atoms with Gasteiger partial charge in [-0.1, -0.05) is 48.5 Å². The third kappa shape index (κ3) is 4.08. The predicted octanol–water partition coefficient (Wildman–Crippen LogP) is 2.06. The molecule has 0 radical (unpaired) electrons. The van der Waals surface area contributed by atoms with Crippen LogP contribution in [-0.4, -0.2) is 40.6 Å². The van der Waals surface area contributed by atoms with E-state index in [1.807, 2.05) is 36.7 Å². The molecular weight excluding hydrogens is 352 g/mol. The number of hydrogen-bond acceptors (Lipinski definition) is 5. The van der Waals surface area contributed by atoms with Crippen LogP contribution < -0.4 is 11.1 Å². The Morgan fingerprint density at radius 2 is 2.00 bits per heavy atom. The molecule has 0 bridgehead atoms. The smallest absolute Gasteiger partial charge is 0.224 e. The standard InChI is InChI=1S/C22H26N4O2/c23-20(27)12-19-18(11-15-5-2-1-3-6-15)24-14-26(19)13-17-8-4-7-16-9-10-21(28)25-22(16)17/h1-8,14,18-20,27H,9-13,23H2,(H,25,28). The highest BCUT2D eigenvalue weighted by atomic mass is 16.3. The average molecular weight is 378 g/mol. The van der Waals surface area contributed by atoms with Gasteiger partial charge >= 0.3 is 0 Å². The van der Waals surface area contributed by atoms with E-state index in [4.69, 9.17) is 10.7 Å². The first-order chi connectivity index (χ1) is 13.6. The lowest BCUT2D eigenvalue weighted by atomic mass is 9.95. The van der Waals surface area contributed by atoms with Gasteiger partial charge in [0.2, 0.25) is 5.91 Å². The zero-order valence-corrected chi connectivity index (χ0v) is 15.8. The first-order valence-electron chi connectivity index (χ1n) is 9.77. The molecular formula is C22H26N4O2. The highest BCUT2D eigenvalue weighted by Crippen LogP contribution is 2.30. The van der Waals surface area contributed by atoms with Crippen molar-refractivity contribution in [3.05, 3.63) is 65.2 Å². The van der Waals surface area contributed by atoms with Crippen molar-refractivity contribution in [2.24, 2.45) is 10.7 Å². The van der Waals surface area contributed by atoms with Crippen LogP contribution in [0.3, 0.4) is 0 Å². The minimum atomic E-state index is -0.892. The van der Waals surface area contributed by atoms with Crippen LogP contribution in [0, 0.1) is 0 Å². The summed E-state index contributed by atoms with van der Waals surface area (Å²) in [5, 5.41) is 12.9. The van der Waals surface area contributed by atoms with Gasteiger partial charge in [0.15, 0.2) is 0 Å². The topological polar surface area (TPSA) is 90.9 Å². The van der Waals surface area contributed by atoms with E-state index >= 15 is 0 Å². The number of aliphatic imine (C=N–C) groups is 1. The van der Waals surface area contributed by atoms with Crippen LogP contribution in [0.5, 0.6) is 0 Å². The number of hydrogen-bond donors (Lipinski definition) is 3. The molecule has 0 spiro atoms. The largest absolute Gasteiger partial charge is 0.379 e. The summed E-state index contributed by atoms with van der Waals surface area (Å²) in [6, 6.07) is 16.4. The number of rotatable bonds is 6. The third-order valence-corrected chi connectivity index (χ3v) is 5.52. The molecule has 2 aliphatic rings. The summed E-state index contributed by atoms with van der Waals surface area (Å²) in [6.07, 6.45) is 3.52. The fraction of sp³-hybridized carbons (Fsp3) is 0.364. The Balaban J connectivity index is 1.54. The quantitative estimate of drug-likeness (QED) is 0.671. The van der Waals surface area contributed by atoms with Crippen molar-refractivity contribution in [3.63, 3.8) is 0 Å². The lowest BCUT2D eigenvalue weighted by Gasteiger charge is -2.30. The van der Waals surface area contributed by atoms with Crippen molar-refractivity contribution in [2.45, 2.75) is 50.5 Å². The Labute approximate surface area is 165 Å². The highest BCUT2D eigenvalue weighted by Gasteiger charge is 2.32. The van der Waals surface area contributed by atoms with Crippen LogP contribution in [0.25, 0.3) is 0 Å². The molecule has 3 atom stereocenters. The summed E-state index contributed by atoms with van der Waals surface area (Å²) in [7, 11) is 0. The molecule has 28 heavy (non-hydrogen) atoms. The van der Waals surface area contributed by atoms with E-state index in [-0.39, 0.29) is 18.0 Å². The minimum absolute atomic E-state index is 0.00959. The number of para-hydroxylation sites is 1. The van der Waals surface area contributed by atoms with Gasteiger partial charge in [0.05, 0.1) is 18.4 Å². The van der Waals surface area contributed by atoms with Crippen LogP contribution in [0.1, 0.15) is 29.5 Å². The van der Waals surface area contributed by atoms with Crippen LogP contribution in [0.2, 0.25) is 0 Å². The Kier molecular flexibility index (Phi) is 5.41. The zero-order valence-electron chi connectivity index (χ0n) is 15.8. The van der Waals surface area contributed by atoms with Crippen molar-refractivity contribution < 1.29 is 9.90 Å². The van der Waals surface area contributed by atoms with E-state index in [1.54, 1.807) is 0 Å². The molecule has 0 saturated carbocycles. The van der Waals surface area contributed by atoms with Crippen LogP contribution >= 0.6 is 0 Å². The molecule has 4 N–H and O–H groups in total. The molecule has 0 aliphatic carbocycles. The number of nitrogens with one attached hydrogen (secondary N) is 1. The number of carbonyl (C=O) groups is 1. The van der Waals surface area contributed by atoms with E-state index in [0.29, 0.717) is 19.4 Å². The van der Waals surface area contributed by atoms with Gasteiger partial charge in [-0.3, -0.25) is 9.79 Å². The number of nitrogens with two attached hydrogens (primary N) is 1. The number of fused-ring (bicyclic) bond motifs is 1. The van der Waals surface area contributed by atoms with Crippen molar-refractivity contribution in [2.75, 3.05) is 5.32 Å². The normalized spacial score (nSPS) is 22.1. The van der Waals surface area contributed by atoms with Gasteiger partial charge in [-0.05, 0) is 29.5 Å². The Morgan fingerprint density at radius 1 is 1.18 bits per heavy atom. The first-order valence-corrected chi connectivity index (χ1v) is 9.77. The van der Waals surface area contributed by atoms with E-state index in [1.165, 1.54) is 11.1 Å². The van der Waals surface area contributed by atoms with Crippen LogP contribution in [0.15, 0.2) is 53.5 Å². The number of aliphatic hydroxyl groups is 1. The van der Waals surface area contributed by atoms with Gasteiger partial charge in [-0.2, -0.15) is 0 Å². The van der Waals surface area contributed by atoms with Crippen molar-refractivity contribution in [3.8, 4) is 0 Å². The van der Waals surface area contributed by atoms with Gasteiger partial charge < -0.3 is 21.1 Å². The second-order valence-corrected chi connectivity index (χ2v) is 7.56. The van der Waals surface area contributed by atoms with Gasteiger partial charge in [0.1, 0.15) is 6.23 Å².